The van der Waals surface area contributed by atoms with Crippen molar-refractivity contribution in [2.24, 2.45) is 0 Å². The number of halogens is 4. The van der Waals surface area contributed by atoms with Crippen molar-refractivity contribution in [1.29, 1.82) is 0 Å². The van der Waals surface area contributed by atoms with Crippen molar-refractivity contribution >= 4 is 66.4 Å². The molecule has 1 aromatic carbocycles. The molecule has 0 aliphatic heterocycles. The average molecular weight is 417 g/mol. The zero-order chi connectivity index (χ0) is 14.9. The largest absolute Gasteiger partial charge is 0.279 e. The molecule has 1 heterocycles. The van der Waals surface area contributed by atoms with Gasteiger partial charge in [-0.15, -0.1) is 0 Å². The van der Waals surface area contributed by atoms with Crippen LogP contribution in [0.25, 0.3) is 0 Å². The van der Waals surface area contributed by atoms with Crippen molar-refractivity contribution in [3.8, 4) is 0 Å². The van der Waals surface area contributed by atoms with Gasteiger partial charge in [0.15, 0.2) is 0 Å². The van der Waals surface area contributed by atoms with Crippen LogP contribution in [-0.2, 0) is 10.0 Å². The highest BCUT2D eigenvalue weighted by atomic mass is 79.9. The van der Waals surface area contributed by atoms with Crippen LogP contribution in [-0.4, -0.2) is 13.4 Å². The molecular formula is C11H6BrCl3N2O2S. The summed E-state index contributed by atoms with van der Waals surface area (Å²) in [6.07, 6.45) is 1.40. The first kappa shape index (κ1) is 15.9. The van der Waals surface area contributed by atoms with Crippen molar-refractivity contribution < 1.29 is 8.42 Å². The molecule has 0 bridgehead atoms. The highest BCUT2D eigenvalue weighted by Gasteiger charge is 2.20. The molecule has 4 nitrogen and oxygen atoms in total. The second kappa shape index (κ2) is 6.07. The Balaban J connectivity index is 2.43. The lowest BCUT2D eigenvalue weighted by Gasteiger charge is -2.10. The normalized spacial score (nSPS) is 11.4. The van der Waals surface area contributed by atoms with Gasteiger partial charge < -0.3 is 0 Å². The van der Waals surface area contributed by atoms with Crippen molar-refractivity contribution in [3.05, 3.63) is 50.1 Å². The van der Waals surface area contributed by atoms with Crippen LogP contribution in [0.15, 0.2) is 39.8 Å². The number of hydrogen-bond acceptors (Lipinski definition) is 3. The fraction of sp³-hybridized carbons (Fsp3) is 0. The van der Waals surface area contributed by atoms with Crippen molar-refractivity contribution in [3.63, 3.8) is 0 Å². The van der Waals surface area contributed by atoms with Gasteiger partial charge in [0, 0.05) is 20.7 Å². The lowest BCUT2D eigenvalue weighted by atomic mass is 10.3. The van der Waals surface area contributed by atoms with Gasteiger partial charge in [0.05, 0.1) is 5.69 Å². The number of aromatic nitrogens is 1. The first-order chi connectivity index (χ1) is 9.28. The summed E-state index contributed by atoms with van der Waals surface area (Å²) in [5.41, 5.74) is 0.235. The summed E-state index contributed by atoms with van der Waals surface area (Å²) >= 11 is 20.6. The Hall–Kier alpha value is -0.530. The highest BCUT2D eigenvalue weighted by Crippen LogP contribution is 2.27. The lowest BCUT2D eigenvalue weighted by molar-refractivity contribution is 0.601. The monoisotopic (exact) mass is 414 g/mol. The Morgan fingerprint density at radius 2 is 1.65 bits per heavy atom. The van der Waals surface area contributed by atoms with E-state index in [1.165, 1.54) is 30.5 Å². The Kier molecular flexibility index (Phi) is 4.81. The standard InChI is InChI=1S/C11H6BrCl3N2O2S/c12-6-1-10(11(15)16-5-6)20(18,19)17-9-3-7(13)2-8(14)4-9/h1-5,17H. The molecule has 0 radical (unpaired) electrons. The molecule has 106 valence electrons. The van der Waals surface area contributed by atoms with Crippen molar-refractivity contribution in [2.45, 2.75) is 4.90 Å². The average Bonchev–Trinajstić information content (AvgIpc) is 2.30. The van der Waals surface area contributed by atoms with Crippen LogP contribution in [0.2, 0.25) is 15.2 Å². The highest BCUT2D eigenvalue weighted by molar-refractivity contribution is 9.10. The third-order valence-electron chi connectivity index (χ3n) is 2.18. The number of hydrogen-bond donors (Lipinski definition) is 1. The molecule has 0 unspecified atom stereocenters. The summed E-state index contributed by atoms with van der Waals surface area (Å²) in [4.78, 5) is 3.62. The van der Waals surface area contributed by atoms with E-state index in [2.05, 4.69) is 25.6 Å². The lowest BCUT2D eigenvalue weighted by Crippen LogP contribution is -2.14. The van der Waals surface area contributed by atoms with Crippen LogP contribution in [0.3, 0.4) is 0 Å². The van der Waals surface area contributed by atoms with Crippen LogP contribution < -0.4 is 4.72 Å². The fourth-order valence-electron chi connectivity index (χ4n) is 1.42. The minimum absolute atomic E-state index is 0.131. The molecule has 0 aliphatic rings. The SMILES string of the molecule is O=S(=O)(Nc1cc(Cl)cc(Cl)c1)c1cc(Br)cnc1Cl. The van der Waals surface area contributed by atoms with E-state index in [0.717, 1.165) is 0 Å². The zero-order valence-corrected chi connectivity index (χ0v) is 14.2. The minimum atomic E-state index is -3.89. The minimum Gasteiger partial charge on any atom is -0.279 e. The first-order valence-electron chi connectivity index (χ1n) is 5.08. The number of sulfonamides is 1. The van der Waals surface area contributed by atoms with Gasteiger partial charge in [0.25, 0.3) is 10.0 Å². The molecule has 1 aromatic heterocycles. The van der Waals surface area contributed by atoms with Gasteiger partial charge in [-0.05, 0) is 40.2 Å². The summed E-state index contributed by atoms with van der Waals surface area (Å²) in [7, 11) is -3.89. The molecule has 9 heteroatoms. The maximum atomic E-state index is 12.3. The molecule has 1 N–H and O–H groups in total. The fourth-order valence-corrected chi connectivity index (χ4v) is 3.93. The van der Waals surface area contributed by atoms with Gasteiger partial charge in [-0.1, -0.05) is 34.8 Å². The van der Waals surface area contributed by atoms with E-state index in [1.54, 1.807) is 0 Å². The van der Waals surface area contributed by atoms with E-state index in [0.29, 0.717) is 14.5 Å². The quantitative estimate of drug-likeness (QED) is 0.744. The topological polar surface area (TPSA) is 59.1 Å². The predicted octanol–water partition coefficient (Wildman–Crippen LogP) is 4.61. The molecule has 2 aromatic rings. The summed E-state index contributed by atoms with van der Waals surface area (Å²) in [6, 6.07) is 5.72. The zero-order valence-electron chi connectivity index (χ0n) is 9.57. The third-order valence-corrected chi connectivity index (χ3v) is 4.86. The Morgan fingerprint density at radius 3 is 2.25 bits per heavy atom. The number of benzene rings is 1. The maximum absolute atomic E-state index is 12.3. The molecule has 2 rings (SSSR count). The van der Waals surface area contributed by atoms with E-state index in [4.69, 9.17) is 34.8 Å². The van der Waals surface area contributed by atoms with E-state index in [1.807, 2.05) is 0 Å². The number of rotatable bonds is 3. The van der Waals surface area contributed by atoms with Gasteiger partial charge in [-0.3, -0.25) is 4.72 Å². The van der Waals surface area contributed by atoms with Crippen LogP contribution >= 0.6 is 50.7 Å². The Bertz CT molecular complexity index is 748. The molecule has 0 spiro atoms. The number of nitrogens with one attached hydrogen (secondary N) is 1. The van der Waals surface area contributed by atoms with E-state index in [-0.39, 0.29) is 15.7 Å². The van der Waals surface area contributed by atoms with Crippen LogP contribution in [0.5, 0.6) is 0 Å². The van der Waals surface area contributed by atoms with Crippen molar-refractivity contribution in [2.75, 3.05) is 4.72 Å². The molecule has 0 saturated carbocycles. The van der Waals surface area contributed by atoms with Crippen LogP contribution in [0.4, 0.5) is 5.69 Å². The molecular weight excluding hydrogens is 410 g/mol. The summed E-state index contributed by atoms with van der Waals surface area (Å²) in [5, 5.41) is 0.496. The van der Waals surface area contributed by atoms with E-state index in [9.17, 15) is 8.42 Å². The molecule has 0 atom stereocenters. The third kappa shape index (κ3) is 3.77. The van der Waals surface area contributed by atoms with Gasteiger partial charge in [0.2, 0.25) is 0 Å². The summed E-state index contributed by atoms with van der Waals surface area (Å²) in [5.74, 6) is 0. The van der Waals surface area contributed by atoms with Gasteiger partial charge in [-0.2, -0.15) is 0 Å². The van der Waals surface area contributed by atoms with E-state index >= 15 is 0 Å². The summed E-state index contributed by atoms with van der Waals surface area (Å²) < 4.78 is 27.3. The Labute approximate surface area is 139 Å². The van der Waals surface area contributed by atoms with Gasteiger partial charge in [-0.25, -0.2) is 13.4 Å². The van der Waals surface area contributed by atoms with Crippen molar-refractivity contribution in [1.82, 2.24) is 4.98 Å². The molecule has 0 amide bonds. The molecule has 0 fully saturated rings. The maximum Gasteiger partial charge on any atom is 0.265 e. The molecule has 0 aliphatic carbocycles. The van der Waals surface area contributed by atoms with Crippen LogP contribution in [0.1, 0.15) is 0 Å². The van der Waals surface area contributed by atoms with Gasteiger partial charge in [0.1, 0.15) is 10.0 Å². The Morgan fingerprint density at radius 1 is 1.05 bits per heavy atom. The molecule has 0 saturated heterocycles. The van der Waals surface area contributed by atoms with E-state index < -0.39 is 10.0 Å². The second-order valence-electron chi connectivity index (χ2n) is 3.71. The number of pyridine rings is 1. The molecule has 20 heavy (non-hydrogen) atoms. The number of anilines is 1. The second-order valence-corrected chi connectivity index (χ2v) is 7.50. The summed E-state index contributed by atoms with van der Waals surface area (Å²) in [6.45, 7) is 0. The predicted molar refractivity (Wildman–Crippen MR) is 84.2 cm³/mol. The smallest absolute Gasteiger partial charge is 0.265 e. The first-order valence-corrected chi connectivity index (χ1v) is 8.49. The van der Waals surface area contributed by atoms with Crippen LogP contribution in [0, 0.1) is 0 Å². The number of nitrogens with zero attached hydrogens (tertiary/aromatic N) is 1. The van der Waals surface area contributed by atoms with Gasteiger partial charge >= 0.3 is 0 Å².